The van der Waals surface area contributed by atoms with Crippen LogP contribution in [0.4, 0.5) is 0 Å². The first-order valence-electron chi connectivity index (χ1n) is 7.02. The van der Waals surface area contributed by atoms with Gasteiger partial charge in [-0.2, -0.15) is 0 Å². The summed E-state index contributed by atoms with van der Waals surface area (Å²) in [7, 11) is 0. The van der Waals surface area contributed by atoms with Crippen LogP contribution in [0.3, 0.4) is 0 Å². The molecule has 6 nitrogen and oxygen atoms in total. The summed E-state index contributed by atoms with van der Waals surface area (Å²) in [6.45, 7) is 1.87. The molecule has 112 valence electrons. The molecule has 2 bridgehead atoms. The molecule has 4 rings (SSSR count). The number of hydrogen-bond acceptors (Lipinski definition) is 6. The van der Waals surface area contributed by atoms with Crippen molar-refractivity contribution in [1.82, 2.24) is 0 Å². The summed E-state index contributed by atoms with van der Waals surface area (Å²) in [4.78, 5) is 11.0. The van der Waals surface area contributed by atoms with Crippen LogP contribution in [0, 0.1) is 11.8 Å². The molecule has 3 aliphatic heterocycles. The predicted molar refractivity (Wildman–Crippen MR) is 69.8 cm³/mol. The molecule has 0 aliphatic carbocycles. The Balaban J connectivity index is 1.68. The second-order valence-electron chi connectivity index (χ2n) is 5.62. The Hall–Kier alpha value is -1.79. The number of aliphatic hydroxyl groups is 1. The Bertz CT molecular complexity index is 598. The van der Waals surface area contributed by atoms with Crippen LogP contribution in [0.25, 0.3) is 0 Å². The van der Waals surface area contributed by atoms with E-state index in [1.54, 1.807) is 0 Å². The molecule has 3 heterocycles. The Labute approximate surface area is 121 Å². The molecule has 21 heavy (non-hydrogen) atoms. The first-order chi connectivity index (χ1) is 10.2. The lowest BCUT2D eigenvalue weighted by Gasteiger charge is -2.27. The number of fused-ring (bicyclic) bond motifs is 6. The lowest BCUT2D eigenvalue weighted by molar-refractivity contribution is -0.143. The van der Waals surface area contributed by atoms with Gasteiger partial charge in [0, 0.05) is 25.4 Å². The summed E-state index contributed by atoms with van der Waals surface area (Å²) >= 11 is 0. The summed E-state index contributed by atoms with van der Waals surface area (Å²) in [5.41, 5.74) is 2.09. The highest BCUT2D eigenvalue weighted by Crippen LogP contribution is 2.59. The second kappa shape index (κ2) is 4.61. The molecule has 4 atom stereocenters. The average Bonchev–Trinajstić information content (AvgIpc) is 3.14. The Morgan fingerprint density at radius 1 is 1.24 bits per heavy atom. The molecule has 0 saturated carbocycles. The maximum Gasteiger partial charge on any atom is 0.302 e. The van der Waals surface area contributed by atoms with Crippen molar-refractivity contribution in [3.63, 3.8) is 0 Å². The van der Waals surface area contributed by atoms with Gasteiger partial charge in [-0.25, -0.2) is 0 Å². The third kappa shape index (κ3) is 1.82. The van der Waals surface area contributed by atoms with Gasteiger partial charge in [-0.15, -0.1) is 0 Å². The summed E-state index contributed by atoms with van der Waals surface area (Å²) in [5, 5.41) is 9.67. The van der Waals surface area contributed by atoms with Gasteiger partial charge in [0.15, 0.2) is 11.5 Å². The predicted octanol–water partition coefficient (Wildman–Crippen LogP) is 1.33. The van der Waals surface area contributed by atoms with Crippen LogP contribution in [-0.4, -0.2) is 31.1 Å². The molecule has 6 heteroatoms. The van der Waals surface area contributed by atoms with Crippen molar-refractivity contribution in [2.45, 2.75) is 19.1 Å². The number of benzene rings is 1. The first-order valence-corrected chi connectivity index (χ1v) is 7.02. The van der Waals surface area contributed by atoms with Gasteiger partial charge in [0.25, 0.3) is 0 Å². The van der Waals surface area contributed by atoms with Crippen LogP contribution in [0.5, 0.6) is 11.5 Å². The van der Waals surface area contributed by atoms with Gasteiger partial charge in [0.2, 0.25) is 6.79 Å². The van der Waals surface area contributed by atoms with E-state index in [2.05, 4.69) is 0 Å². The van der Waals surface area contributed by atoms with Gasteiger partial charge in [-0.3, -0.25) is 4.79 Å². The quantitative estimate of drug-likeness (QED) is 0.847. The van der Waals surface area contributed by atoms with Gasteiger partial charge in [0.1, 0.15) is 0 Å². The smallest absolute Gasteiger partial charge is 0.302 e. The summed E-state index contributed by atoms with van der Waals surface area (Å²) in [6.07, 6.45) is -0.346. The van der Waals surface area contributed by atoms with E-state index in [0.717, 1.165) is 22.6 Å². The fourth-order valence-corrected chi connectivity index (χ4v) is 3.54. The Morgan fingerprint density at radius 3 is 2.43 bits per heavy atom. The number of ether oxygens (including phenoxy) is 4. The summed E-state index contributed by atoms with van der Waals surface area (Å²) in [5.74, 6) is 1.02. The number of rotatable bonds is 3. The first kappa shape index (κ1) is 12.9. The minimum Gasteiger partial charge on any atom is -0.465 e. The van der Waals surface area contributed by atoms with E-state index in [1.165, 1.54) is 6.92 Å². The highest BCUT2D eigenvalue weighted by Gasteiger charge is 2.53. The van der Waals surface area contributed by atoms with Crippen LogP contribution in [0.1, 0.15) is 30.3 Å². The third-order valence-corrected chi connectivity index (χ3v) is 4.50. The lowest BCUT2D eigenvalue weighted by Crippen LogP contribution is -2.29. The van der Waals surface area contributed by atoms with Crippen LogP contribution in [0.2, 0.25) is 0 Å². The topological polar surface area (TPSA) is 74.2 Å². The van der Waals surface area contributed by atoms with Crippen LogP contribution < -0.4 is 9.47 Å². The Morgan fingerprint density at radius 2 is 1.86 bits per heavy atom. The van der Waals surface area contributed by atoms with E-state index in [1.807, 2.05) is 12.1 Å². The van der Waals surface area contributed by atoms with Crippen molar-refractivity contribution in [2.75, 3.05) is 20.0 Å². The van der Waals surface area contributed by atoms with Crippen molar-refractivity contribution in [3.05, 3.63) is 23.3 Å². The zero-order valence-electron chi connectivity index (χ0n) is 11.6. The molecule has 1 aromatic carbocycles. The highest BCUT2D eigenvalue weighted by atomic mass is 16.7. The minimum absolute atomic E-state index is 0.000972. The molecule has 1 aromatic rings. The van der Waals surface area contributed by atoms with Gasteiger partial charge in [-0.05, 0) is 23.3 Å². The van der Waals surface area contributed by atoms with Gasteiger partial charge >= 0.3 is 5.97 Å². The largest absolute Gasteiger partial charge is 0.465 e. The van der Waals surface area contributed by atoms with E-state index in [-0.39, 0.29) is 50.0 Å². The maximum absolute atomic E-state index is 11.0. The van der Waals surface area contributed by atoms with Crippen molar-refractivity contribution in [1.29, 1.82) is 0 Å². The molecule has 0 spiro atoms. The van der Waals surface area contributed by atoms with Gasteiger partial charge < -0.3 is 24.1 Å². The SMILES string of the molecule is CC(=O)OCC1C2OC(c3cc4c(cc32)OCO4)C1CO. The highest BCUT2D eigenvalue weighted by molar-refractivity contribution is 5.66. The van der Waals surface area contributed by atoms with Crippen molar-refractivity contribution in [2.24, 2.45) is 11.8 Å². The zero-order chi connectivity index (χ0) is 14.6. The summed E-state index contributed by atoms with van der Waals surface area (Å²) in [6, 6.07) is 3.88. The monoisotopic (exact) mass is 292 g/mol. The average molecular weight is 292 g/mol. The van der Waals surface area contributed by atoms with Crippen molar-refractivity contribution in [3.8, 4) is 11.5 Å². The maximum atomic E-state index is 11.0. The minimum atomic E-state index is -0.319. The molecule has 1 N–H and O–H groups in total. The molecule has 4 unspecified atom stereocenters. The van der Waals surface area contributed by atoms with Crippen molar-refractivity contribution >= 4 is 5.97 Å². The Kier molecular flexibility index (Phi) is 2.83. The summed E-state index contributed by atoms with van der Waals surface area (Å²) < 4.78 is 21.9. The van der Waals surface area contributed by atoms with E-state index in [9.17, 15) is 9.90 Å². The van der Waals surface area contributed by atoms with Crippen LogP contribution in [0.15, 0.2) is 12.1 Å². The fraction of sp³-hybridized carbons (Fsp3) is 0.533. The standard InChI is InChI=1S/C15H16O6/c1-7(17)18-5-11-10(4-16)14-8-2-12-13(20-6-19-12)3-9(8)15(11)21-14/h2-3,10-11,14-16H,4-6H2,1H3. The zero-order valence-corrected chi connectivity index (χ0v) is 11.6. The molecule has 0 amide bonds. The molecule has 0 aromatic heterocycles. The van der Waals surface area contributed by atoms with Gasteiger partial charge in [0.05, 0.1) is 18.8 Å². The van der Waals surface area contributed by atoms with Crippen LogP contribution >= 0.6 is 0 Å². The fourth-order valence-electron chi connectivity index (χ4n) is 3.54. The molecular weight excluding hydrogens is 276 g/mol. The number of carbonyl (C=O) groups is 1. The molecule has 0 radical (unpaired) electrons. The van der Waals surface area contributed by atoms with E-state index < -0.39 is 0 Å². The molecule has 1 fully saturated rings. The third-order valence-electron chi connectivity index (χ3n) is 4.50. The number of esters is 1. The van der Waals surface area contributed by atoms with Crippen molar-refractivity contribution < 1.29 is 28.8 Å². The second-order valence-corrected chi connectivity index (χ2v) is 5.62. The number of hydrogen-bond donors (Lipinski definition) is 1. The molecule has 3 aliphatic rings. The molecule has 1 saturated heterocycles. The van der Waals surface area contributed by atoms with E-state index in [4.69, 9.17) is 18.9 Å². The molecular formula is C15H16O6. The van der Waals surface area contributed by atoms with Gasteiger partial charge in [-0.1, -0.05) is 0 Å². The number of aliphatic hydroxyl groups excluding tert-OH is 1. The number of carbonyl (C=O) groups excluding carboxylic acids is 1. The van der Waals surface area contributed by atoms with E-state index >= 15 is 0 Å². The van der Waals surface area contributed by atoms with Crippen LogP contribution in [-0.2, 0) is 14.3 Å². The normalized spacial score (nSPS) is 31.3. The lowest BCUT2D eigenvalue weighted by atomic mass is 9.76. The van der Waals surface area contributed by atoms with E-state index in [0.29, 0.717) is 0 Å².